The first kappa shape index (κ1) is 7.91. The number of nitrogens with zero attached hydrogens (tertiary/aromatic N) is 2. The van der Waals surface area contributed by atoms with Crippen molar-refractivity contribution in [1.29, 1.82) is 0 Å². The van der Waals surface area contributed by atoms with Gasteiger partial charge >= 0.3 is 0 Å². The Hall–Kier alpha value is 0.290. The molecule has 4 heteroatoms. The van der Waals surface area contributed by atoms with Crippen LogP contribution in [0.5, 0.6) is 0 Å². The van der Waals surface area contributed by atoms with E-state index in [1.807, 2.05) is 0 Å². The van der Waals surface area contributed by atoms with Crippen LogP contribution in [0.1, 0.15) is 24.3 Å². The third-order valence-corrected chi connectivity index (χ3v) is 3.67. The number of halogens is 1. The minimum atomic E-state index is 0.905. The van der Waals surface area contributed by atoms with E-state index in [1.165, 1.54) is 30.7 Å². The summed E-state index contributed by atoms with van der Waals surface area (Å²) in [6.07, 6.45) is 5.38. The first-order chi connectivity index (χ1) is 5.34. The van der Waals surface area contributed by atoms with Crippen molar-refractivity contribution in [2.24, 2.45) is 5.92 Å². The molecule has 1 fully saturated rings. The maximum absolute atomic E-state index is 4.33. The summed E-state index contributed by atoms with van der Waals surface area (Å²) in [5, 5.41) is 1.22. The third-order valence-electron chi connectivity index (χ3n) is 2.13. The molecular weight excluding hydrogens is 271 g/mol. The molecular formula is C7H9IN2S. The lowest BCUT2D eigenvalue weighted by Gasteiger charge is -2.23. The Morgan fingerprint density at radius 2 is 2.36 bits per heavy atom. The molecule has 1 aromatic rings. The van der Waals surface area contributed by atoms with Gasteiger partial charge in [0.2, 0.25) is 3.83 Å². The molecule has 1 heterocycles. The van der Waals surface area contributed by atoms with E-state index in [1.54, 1.807) is 11.5 Å². The molecule has 60 valence electrons. The van der Waals surface area contributed by atoms with Crippen LogP contribution in [0, 0.1) is 9.75 Å². The van der Waals surface area contributed by atoms with E-state index in [0.29, 0.717) is 0 Å². The second-order valence-corrected chi connectivity index (χ2v) is 4.76. The lowest BCUT2D eigenvalue weighted by Crippen LogP contribution is -2.13. The van der Waals surface area contributed by atoms with Crippen molar-refractivity contribution in [2.45, 2.75) is 25.7 Å². The molecule has 0 unspecified atom stereocenters. The lowest BCUT2D eigenvalue weighted by molar-refractivity contribution is 0.314. The van der Waals surface area contributed by atoms with Crippen LogP contribution in [0.15, 0.2) is 0 Å². The Labute approximate surface area is 83.7 Å². The molecule has 0 amide bonds. The SMILES string of the molecule is Ic1nsc(CC2CCC2)n1. The molecule has 0 saturated heterocycles. The van der Waals surface area contributed by atoms with Crippen molar-refractivity contribution < 1.29 is 0 Å². The van der Waals surface area contributed by atoms with Crippen LogP contribution in [0.4, 0.5) is 0 Å². The van der Waals surface area contributed by atoms with Crippen LogP contribution in [-0.4, -0.2) is 9.36 Å². The first-order valence-electron chi connectivity index (χ1n) is 3.82. The van der Waals surface area contributed by atoms with Gasteiger partial charge in [-0.15, -0.1) is 0 Å². The summed E-state index contributed by atoms with van der Waals surface area (Å²) in [5.74, 6) is 0.916. The second kappa shape index (κ2) is 3.35. The Bertz CT molecular complexity index is 244. The van der Waals surface area contributed by atoms with Gasteiger partial charge in [0.15, 0.2) is 0 Å². The molecule has 0 N–H and O–H groups in total. The van der Waals surface area contributed by atoms with Gasteiger partial charge in [-0.2, -0.15) is 4.37 Å². The van der Waals surface area contributed by atoms with E-state index in [0.717, 1.165) is 9.75 Å². The summed E-state index contributed by atoms with van der Waals surface area (Å²) >= 11 is 3.72. The summed E-state index contributed by atoms with van der Waals surface area (Å²) < 4.78 is 5.05. The van der Waals surface area contributed by atoms with Gasteiger partial charge in [0.25, 0.3) is 0 Å². The van der Waals surface area contributed by atoms with Crippen molar-refractivity contribution in [3.63, 3.8) is 0 Å². The molecule has 1 aromatic heterocycles. The van der Waals surface area contributed by atoms with Crippen LogP contribution >= 0.6 is 34.1 Å². The number of hydrogen-bond acceptors (Lipinski definition) is 3. The highest BCUT2D eigenvalue weighted by Crippen LogP contribution is 2.30. The van der Waals surface area contributed by atoms with Gasteiger partial charge in [0.05, 0.1) is 0 Å². The fourth-order valence-electron chi connectivity index (χ4n) is 1.26. The Balaban J connectivity index is 1.95. The number of hydrogen-bond donors (Lipinski definition) is 0. The number of aromatic nitrogens is 2. The normalized spacial score (nSPS) is 18.3. The lowest BCUT2D eigenvalue weighted by atomic mass is 9.83. The summed E-state index contributed by atoms with van der Waals surface area (Å²) in [4.78, 5) is 4.33. The molecule has 2 rings (SSSR count). The summed E-state index contributed by atoms with van der Waals surface area (Å²) in [6, 6.07) is 0. The van der Waals surface area contributed by atoms with Crippen LogP contribution in [0.2, 0.25) is 0 Å². The zero-order chi connectivity index (χ0) is 7.68. The van der Waals surface area contributed by atoms with E-state index < -0.39 is 0 Å². The Morgan fingerprint density at radius 1 is 1.55 bits per heavy atom. The van der Waals surface area contributed by atoms with E-state index in [-0.39, 0.29) is 0 Å². The van der Waals surface area contributed by atoms with Gasteiger partial charge in [0.1, 0.15) is 5.01 Å². The van der Waals surface area contributed by atoms with E-state index in [2.05, 4.69) is 31.9 Å². The predicted molar refractivity (Wildman–Crippen MR) is 53.7 cm³/mol. The molecule has 1 aliphatic carbocycles. The van der Waals surface area contributed by atoms with E-state index >= 15 is 0 Å². The van der Waals surface area contributed by atoms with Crippen molar-refractivity contribution in [1.82, 2.24) is 9.36 Å². The predicted octanol–water partition coefficient (Wildman–Crippen LogP) is 2.49. The highest BCUT2D eigenvalue weighted by atomic mass is 127. The van der Waals surface area contributed by atoms with Crippen molar-refractivity contribution in [3.05, 3.63) is 8.84 Å². The molecule has 0 radical (unpaired) electrons. The van der Waals surface area contributed by atoms with Crippen LogP contribution in [0.25, 0.3) is 0 Å². The van der Waals surface area contributed by atoms with Gasteiger partial charge in [-0.1, -0.05) is 19.3 Å². The monoisotopic (exact) mass is 280 g/mol. The minimum Gasteiger partial charge on any atom is -0.215 e. The van der Waals surface area contributed by atoms with E-state index in [4.69, 9.17) is 0 Å². The molecule has 1 aliphatic rings. The highest BCUT2D eigenvalue weighted by Gasteiger charge is 2.19. The van der Waals surface area contributed by atoms with Gasteiger partial charge < -0.3 is 0 Å². The van der Waals surface area contributed by atoms with Crippen molar-refractivity contribution in [2.75, 3.05) is 0 Å². The molecule has 11 heavy (non-hydrogen) atoms. The van der Waals surface area contributed by atoms with Crippen LogP contribution in [0.3, 0.4) is 0 Å². The molecule has 0 spiro atoms. The topological polar surface area (TPSA) is 25.8 Å². The maximum atomic E-state index is 4.33. The molecule has 0 atom stereocenters. The van der Waals surface area contributed by atoms with E-state index in [9.17, 15) is 0 Å². The summed E-state index contributed by atoms with van der Waals surface area (Å²) in [6.45, 7) is 0. The van der Waals surface area contributed by atoms with Gasteiger partial charge in [0, 0.05) is 29.0 Å². The van der Waals surface area contributed by atoms with Crippen molar-refractivity contribution in [3.8, 4) is 0 Å². The maximum Gasteiger partial charge on any atom is 0.203 e. The third kappa shape index (κ3) is 1.90. The Kier molecular flexibility index (Phi) is 2.41. The summed E-state index contributed by atoms with van der Waals surface area (Å²) in [5.41, 5.74) is 0. The van der Waals surface area contributed by atoms with Gasteiger partial charge in [-0.25, -0.2) is 4.98 Å². The molecule has 1 saturated carbocycles. The quantitative estimate of drug-likeness (QED) is 0.778. The smallest absolute Gasteiger partial charge is 0.203 e. The van der Waals surface area contributed by atoms with Crippen LogP contribution < -0.4 is 0 Å². The average Bonchev–Trinajstić information content (AvgIpc) is 2.27. The fourth-order valence-corrected chi connectivity index (χ4v) is 2.67. The van der Waals surface area contributed by atoms with Crippen molar-refractivity contribution >= 4 is 34.1 Å². The fraction of sp³-hybridized carbons (Fsp3) is 0.714. The molecule has 0 bridgehead atoms. The zero-order valence-electron chi connectivity index (χ0n) is 6.09. The Morgan fingerprint density at radius 3 is 2.82 bits per heavy atom. The first-order valence-corrected chi connectivity index (χ1v) is 5.68. The van der Waals surface area contributed by atoms with Gasteiger partial charge in [-0.3, -0.25) is 0 Å². The average molecular weight is 280 g/mol. The standard InChI is InChI=1S/C7H9IN2S/c8-7-9-6(11-10-7)4-5-2-1-3-5/h5H,1-4H2. The molecule has 0 aliphatic heterocycles. The molecule has 0 aromatic carbocycles. The second-order valence-electron chi connectivity index (χ2n) is 2.96. The number of rotatable bonds is 2. The van der Waals surface area contributed by atoms with Gasteiger partial charge in [-0.05, 0) is 17.5 Å². The largest absolute Gasteiger partial charge is 0.215 e. The zero-order valence-corrected chi connectivity index (χ0v) is 9.06. The van der Waals surface area contributed by atoms with Crippen LogP contribution in [-0.2, 0) is 6.42 Å². The highest BCUT2D eigenvalue weighted by molar-refractivity contribution is 14.1. The summed E-state index contributed by atoms with van der Waals surface area (Å²) in [7, 11) is 0. The molecule has 2 nitrogen and oxygen atoms in total. The minimum absolute atomic E-state index is 0.905.